The van der Waals surface area contributed by atoms with Crippen LogP contribution in [-0.4, -0.2) is 7.11 Å². The number of hydrogen-bond acceptors (Lipinski definition) is 3. The molecule has 0 aromatic heterocycles. The van der Waals surface area contributed by atoms with Crippen LogP contribution in [0.4, 0.5) is 8.78 Å². The fraction of sp³-hybridized carbons (Fsp3) is 0.200. The normalized spacial score (nSPS) is 12.2. The lowest BCUT2D eigenvalue weighted by Gasteiger charge is -2.19. The number of nitrogens with two attached hydrogens (primary N) is 1. The van der Waals surface area contributed by atoms with Gasteiger partial charge >= 0.3 is 0 Å². The van der Waals surface area contributed by atoms with E-state index in [2.05, 4.69) is 5.43 Å². The Kier molecular flexibility index (Phi) is 5.12. The smallest absolute Gasteiger partial charge is 0.163 e. The van der Waals surface area contributed by atoms with Crippen LogP contribution in [0.2, 0.25) is 5.02 Å². The highest BCUT2D eigenvalue weighted by Crippen LogP contribution is 2.29. The maximum atomic E-state index is 13.9. The molecular formula is C15H15ClF2N2O. The lowest BCUT2D eigenvalue weighted by molar-refractivity contribution is 0.403. The van der Waals surface area contributed by atoms with Gasteiger partial charge in [-0.3, -0.25) is 11.3 Å². The van der Waals surface area contributed by atoms with Crippen molar-refractivity contribution in [3.8, 4) is 5.75 Å². The van der Waals surface area contributed by atoms with Crippen molar-refractivity contribution in [2.24, 2.45) is 5.84 Å². The molecule has 1 unspecified atom stereocenters. The second-order valence-electron chi connectivity index (χ2n) is 4.52. The number of benzene rings is 2. The van der Waals surface area contributed by atoms with E-state index < -0.39 is 17.7 Å². The van der Waals surface area contributed by atoms with Crippen LogP contribution in [0, 0.1) is 11.6 Å². The minimum absolute atomic E-state index is 0.152. The first-order valence-electron chi connectivity index (χ1n) is 6.29. The predicted molar refractivity (Wildman–Crippen MR) is 78.1 cm³/mol. The van der Waals surface area contributed by atoms with E-state index in [1.54, 1.807) is 18.2 Å². The summed E-state index contributed by atoms with van der Waals surface area (Å²) in [6.45, 7) is 0. The van der Waals surface area contributed by atoms with Gasteiger partial charge in [-0.1, -0.05) is 23.7 Å². The highest BCUT2D eigenvalue weighted by molar-refractivity contribution is 6.30. The summed E-state index contributed by atoms with van der Waals surface area (Å²) in [5.41, 5.74) is 3.40. The van der Waals surface area contributed by atoms with Crippen molar-refractivity contribution in [3.63, 3.8) is 0 Å². The zero-order chi connectivity index (χ0) is 15.4. The Morgan fingerprint density at radius 1 is 1.29 bits per heavy atom. The molecule has 0 fully saturated rings. The number of halogens is 3. The van der Waals surface area contributed by atoms with Crippen LogP contribution >= 0.6 is 11.6 Å². The van der Waals surface area contributed by atoms with Gasteiger partial charge in [0.25, 0.3) is 0 Å². The summed E-state index contributed by atoms with van der Waals surface area (Å²) in [5, 5.41) is 0.529. The first-order valence-corrected chi connectivity index (χ1v) is 6.67. The van der Waals surface area contributed by atoms with Crippen molar-refractivity contribution >= 4 is 11.6 Å². The third kappa shape index (κ3) is 3.50. The van der Waals surface area contributed by atoms with E-state index in [-0.39, 0.29) is 5.56 Å². The molecule has 0 saturated heterocycles. The summed E-state index contributed by atoms with van der Waals surface area (Å²) in [6, 6.07) is 8.50. The molecule has 0 amide bonds. The Balaban J connectivity index is 2.35. The molecule has 0 spiro atoms. The zero-order valence-electron chi connectivity index (χ0n) is 11.4. The number of nitrogens with one attached hydrogen (secondary N) is 1. The number of rotatable bonds is 5. The van der Waals surface area contributed by atoms with Crippen LogP contribution in [0.1, 0.15) is 17.2 Å². The molecule has 0 heterocycles. The topological polar surface area (TPSA) is 47.3 Å². The SMILES string of the molecule is COc1ccc(Cl)cc1CC(NN)c1cccc(F)c1F. The van der Waals surface area contributed by atoms with Crippen LogP contribution < -0.4 is 16.0 Å². The first kappa shape index (κ1) is 15.7. The van der Waals surface area contributed by atoms with Crippen molar-refractivity contribution in [1.29, 1.82) is 0 Å². The minimum atomic E-state index is -0.915. The summed E-state index contributed by atoms with van der Waals surface area (Å²) in [5.74, 6) is 4.27. The number of methoxy groups -OCH3 is 1. The van der Waals surface area contributed by atoms with E-state index in [1.165, 1.54) is 19.2 Å². The number of ether oxygens (including phenoxy) is 1. The molecule has 1 atom stereocenters. The van der Waals surface area contributed by atoms with Crippen molar-refractivity contribution in [2.75, 3.05) is 7.11 Å². The summed E-state index contributed by atoms with van der Waals surface area (Å²) in [7, 11) is 1.53. The van der Waals surface area contributed by atoms with Gasteiger partial charge in [-0.2, -0.15) is 0 Å². The predicted octanol–water partition coefficient (Wildman–Crippen LogP) is 3.37. The van der Waals surface area contributed by atoms with Gasteiger partial charge in [0, 0.05) is 10.6 Å². The van der Waals surface area contributed by atoms with E-state index in [0.717, 1.165) is 11.6 Å². The molecule has 0 aliphatic carbocycles. The molecular weight excluding hydrogens is 298 g/mol. The average molecular weight is 313 g/mol. The van der Waals surface area contributed by atoms with Gasteiger partial charge in [-0.15, -0.1) is 0 Å². The fourth-order valence-corrected chi connectivity index (χ4v) is 2.37. The van der Waals surface area contributed by atoms with Gasteiger partial charge < -0.3 is 4.74 Å². The molecule has 2 aromatic carbocycles. The van der Waals surface area contributed by atoms with Gasteiger partial charge in [0.05, 0.1) is 13.2 Å². The van der Waals surface area contributed by atoms with Crippen LogP contribution in [0.25, 0.3) is 0 Å². The fourth-order valence-electron chi connectivity index (χ4n) is 2.17. The number of hydrazine groups is 1. The first-order chi connectivity index (χ1) is 10.1. The maximum absolute atomic E-state index is 13.9. The molecule has 0 aliphatic heterocycles. The standard InChI is InChI=1S/C15H15ClF2N2O/c1-21-14-6-5-10(16)7-9(14)8-13(20-19)11-3-2-4-12(17)15(11)18/h2-7,13,20H,8,19H2,1H3. The van der Waals surface area contributed by atoms with E-state index in [0.29, 0.717) is 17.2 Å². The van der Waals surface area contributed by atoms with Crippen molar-refractivity contribution in [2.45, 2.75) is 12.5 Å². The van der Waals surface area contributed by atoms with E-state index in [1.807, 2.05) is 0 Å². The van der Waals surface area contributed by atoms with Gasteiger partial charge in [0.1, 0.15) is 5.75 Å². The second-order valence-corrected chi connectivity index (χ2v) is 4.96. The van der Waals surface area contributed by atoms with Crippen LogP contribution in [0.3, 0.4) is 0 Å². The largest absolute Gasteiger partial charge is 0.496 e. The van der Waals surface area contributed by atoms with Crippen LogP contribution in [0.15, 0.2) is 36.4 Å². The zero-order valence-corrected chi connectivity index (χ0v) is 12.1. The molecule has 6 heteroatoms. The quantitative estimate of drug-likeness (QED) is 0.657. The molecule has 3 N–H and O–H groups in total. The molecule has 2 rings (SSSR count). The highest BCUT2D eigenvalue weighted by atomic mass is 35.5. The molecule has 0 bridgehead atoms. The van der Waals surface area contributed by atoms with E-state index >= 15 is 0 Å². The van der Waals surface area contributed by atoms with Gasteiger partial charge in [-0.05, 0) is 36.2 Å². The van der Waals surface area contributed by atoms with Crippen LogP contribution in [0.5, 0.6) is 5.75 Å². The maximum Gasteiger partial charge on any atom is 0.163 e. The molecule has 0 aliphatic rings. The minimum Gasteiger partial charge on any atom is -0.496 e. The molecule has 21 heavy (non-hydrogen) atoms. The van der Waals surface area contributed by atoms with Crippen LogP contribution in [-0.2, 0) is 6.42 Å². The van der Waals surface area contributed by atoms with E-state index in [9.17, 15) is 8.78 Å². The Morgan fingerprint density at radius 3 is 2.71 bits per heavy atom. The van der Waals surface area contributed by atoms with Crippen molar-refractivity contribution in [3.05, 3.63) is 64.2 Å². The Labute approximate surface area is 126 Å². The Hall–Kier alpha value is -1.69. The molecule has 0 saturated carbocycles. The summed E-state index contributed by atoms with van der Waals surface area (Å²) >= 11 is 5.96. The van der Waals surface area contributed by atoms with E-state index in [4.69, 9.17) is 22.2 Å². The Morgan fingerprint density at radius 2 is 2.05 bits per heavy atom. The molecule has 112 valence electrons. The second kappa shape index (κ2) is 6.85. The summed E-state index contributed by atoms with van der Waals surface area (Å²) in [4.78, 5) is 0. The summed E-state index contributed by atoms with van der Waals surface area (Å²) in [6.07, 6.45) is 0.306. The van der Waals surface area contributed by atoms with Crippen molar-refractivity contribution in [1.82, 2.24) is 5.43 Å². The average Bonchev–Trinajstić information content (AvgIpc) is 2.48. The van der Waals surface area contributed by atoms with Gasteiger partial charge in [0.2, 0.25) is 0 Å². The highest BCUT2D eigenvalue weighted by Gasteiger charge is 2.19. The lowest BCUT2D eigenvalue weighted by Crippen LogP contribution is -2.30. The lowest BCUT2D eigenvalue weighted by atomic mass is 9.98. The monoisotopic (exact) mass is 312 g/mol. The molecule has 3 nitrogen and oxygen atoms in total. The third-order valence-electron chi connectivity index (χ3n) is 3.22. The molecule has 0 radical (unpaired) electrons. The van der Waals surface area contributed by atoms with Gasteiger partial charge in [0.15, 0.2) is 11.6 Å². The van der Waals surface area contributed by atoms with Crippen molar-refractivity contribution < 1.29 is 13.5 Å². The van der Waals surface area contributed by atoms with Gasteiger partial charge in [-0.25, -0.2) is 8.78 Å². The molecule has 2 aromatic rings. The summed E-state index contributed by atoms with van der Waals surface area (Å²) < 4.78 is 32.5. The Bertz CT molecular complexity index is 637. The third-order valence-corrected chi connectivity index (χ3v) is 3.46. The number of hydrogen-bond donors (Lipinski definition) is 2.